The van der Waals surface area contributed by atoms with Gasteiger partial charge in [0.1, 0.15) is 17.2 Å². The van der Waals surface area contributed by atoms with Crippen molar-refractivity contribution in [2.24, 2.45) is 0 Å². The molecule has 0 saturated heterocycles. The predicted molar refractivity (Wildman–Crippen MR) is 77.6 cm³/mol. The smallest absolute Gasteiger partial charge is 0.357 e. The molecule has 0 amide bonds. The van der Waals surface area contributed by atoms with Gasteiger partial charge in [0.15, 0.2) is 5.78 Å². The minimum atomic E-state index is -4.87. The maximum atomic E-state index is 12.3. The second kappa shape index (κ2) is 5.81. The van der Waals surface area contributed by atoms with Crippen molar-refractivity contribution in [2.45, 2.75) is 6.42 Å². The molecule has 2 aromatic rings. The summed E-state index contributed by atoms with van der Waals surface area (Å²) in [5.74, 6) is -2.09. The lowest BCUT2D eigenvalue weighted by Gasteiger charge is -2.12. The summed E-state index contributed by atoms with van der Waals surface area (Å²) in [6.07, 6.45) is -0.278. The Hall–Kier alpha value is -2.34. The molecule has 0 spiro atoms. The van der Waals surface area contributed by atoms with Gasteiger partial charge in [0, 0.05) is 12.5 Å². The molecular formula is C14H13O7P. The summed E-state index contributed by atoms with van der Waals surface area (Å²) < 4.78 is 11.4. The number of phenols is 3. The lowest BCUT2D eigenvalue weighted by molar-refractivity contribution is 0.0991. The molecule has 116 valence electrons. The Labute approximate surface area is 125 Å². The maximum absolute atomic E-state index is 12.3. The molecule has 2 rings (SSSR count). The van der Waals surface area contributed by atoms with E-state index in [-0.39, 0.29) is 12.2 Å². The third-order valence-corrected chi connectivity index (χ3v) is 3.93. The van der Waals surface area contributed by atoms with Gasteiger partial charge in [-0.1, -0.05) is 12.1 Å². The number of hydrogen-bond acceptors (Lipinski definition) is 5. The number of ketones is 1. The monoisotopic (exact) mass is 324 g/mol. The SMILES string of the molecule is O=C(Cc1cccc(O)c1)c1c(O)cc(O)cc1P(=O)(O)O. The number of benzene rings is 2. The minimum Gasteiger partial charge on any atom is -0.508 e. The van der Waals surface area contributed by atoms with Crippen LogP contribution in [0.4, 0.5) is 0 Å². The van der Waals surface area contributed by atoms with Gasteiger partial charge in [0.2, 0.25) is 0 Å². The van der Waals surface area contributed by atoms with Crippen LogP contribution in [-0.4, -0.2) is 30.9 Å². The number of carbonyl (C=O) groups excluding carboxylic acids is 1. The fourth-order valence-electron chi connectivity index (χ4n) is 2.05. The molecule has 2 aromatic carbocycles. The molecule has 0 heterocycles. The van der Waals surface area contributed by atoms with Crippen molar-refractivity contribution in [1.29, 1.82) is 0 Å². The standard InChI is InChI=1S/C14H13O7P/c15-9-3-1-2-8(4-9)5-11(17)14-12(18)6-10(16)7-13(14)22(19,20)21/h1-4,6-7,15-16,18H,5H2,(H2,19,20,21). The zero-order valence-electron chi connectivity index (χ0n) is 11.2. The molecule has 5 N–H and O–H groups in total. The Morgan fingerprint density at radius 3 is 2.27 bits per heavy atom. The number of hydrogen-bond donors (Lipinski definition) is 5. The van der Waals surface area contributed by atoms with Gasteiger partial charge in [0.25, 0.3) is 0 Å². The molecule has 0 bridgehead atoms. The summed E-state index contributed by atoms with van der Waals surface area (Å²) in [5.41, 5.74) is -0.136. The zero-order chi connectivity index (χ0) is 16.5. The number of phenolic OH excluding ortho intramolecular Hbond substituents is 3. The average molecular weight is 324 g/mol. The van der Waals surface area contributed by atoms with Crippen LogP contribution in [0.2, 0.25) is 0 Å². The van der Waals surface area contributed by atoms with Gasteiger partial charge in [-0.25, -0.2) is 0 Å². The fourth-order valence-corrected chi connectivity index (χ4v) is 2.88. The van der Waals surface area contributed by atoms with Crippen molar-refractivity contribution in [3.8, 4) is 17.2 Å². The molecular weight excluding hydrogens is 311 g/mol. The van der Waals surface area contributed by atoms with Crippen molar-refractivity contribution in [2.75, 3.05) is 0 Å². The lowest BCUT2D eigenvalue weighted by atomic mass is 10.0. The highest BCUT2D eigenvalue weighted by molar-refractivity contribution is 7.60. The lowest BCUT2D eigenvalue weighted by Crippen LogP contribution is -2.18. The average Bonchev–Trinajstić information content (AvgIpc) is 2.36. The molecule has 0 aliphatic rings. The zero-order valence-corrected chi connectivity index (χ0v) is 12.1. The molecule has 0 aliphatic carbocycles. The van der Waals surface area contributed by atoms with Crippen LogP contribution >= 0.6 is 7.60 Å². The molecule has 0 atom stereocenters. The van der Waals surface area contributed by atoms with E-state index < -0.39 is 35.7 Å². The van der Waals surface area contributed by atoms with Crippen molar-refractivity contribution in [3.05, 3.63) is 47.5 Å². The number of Topliss-reactive ketones (excluding diaryl/α,β-unsaturated/α-hetero) is 1. The van der Waals surface area contributed by atoms with E-state index in [1.807, 2.05) is 0 Å². The van der Waals surface area contributed by atoms with Gasteiger partial charge in [-0.3, -0.25) is 9.36 Å². The van der Waals surface area contributed by atoms with Gasteiger partial charge in [0.05, 0.1) is 10.9 Å². The Balaban J connectivity index is 2.48. The van der Waals surface area contributed by atoms with E-state index in [2.05, 4.69) is 0 Å². The van der Waals surface area contributed by atoms with Gasteiger partial charge < -0.3 is 25.1 Å². The first kappa shape index (κ1) is 16.0. The van der Waals surface area contributed by atoms with Crippen LogP contribution in [0, 0.1) is 0 Å². The summed E-state index contributed by atoms with van der Waals surface area (Å²) in [7, 11) is -4.87. The molecule has 8 heteroatoms. The minimum absolute atomic E-state index is 0.0598. The normalized spacial score (nSPS) is 11.4. The summed E-state index contributed by atoms with van der Waals surface area (Å²) in [6.45, 7) is 0. The molecule has 0 radical (unpaired) electrons. The Morgan fingerprint density at radius 1 is 1.00 bits per heavy atom. The van der Waals surface area contributed by atoms with E-state index in [1.54, 1.807) is 6.07 Å². The Morgan fingerprint density at radius 2 is 1.68 bits per heavy atom. The first-order chi connectivity index (χ1) is 10.2. The largest absolute Gasteiger partial charge is 0.508 e. The Kier molecular flexibility index (Phi) is 4.23. The van der Waals surface area contributed by atoms with Crippen LogP contribution in [-0.2, 0) is 11.0 Å². The third-order valence-electron chi connectivity index (χ3n) is 2.95. The van der Waals surface area contributed by atoms with Crippen LogP contribution in [0.3, 0.4) is 0 Å². The molecule has 0 aromatic heterocycles. The Bertz CT molecular complexity index is 779. The van der Waals surface area contributed by atoms with E-state index in [9.17, 15) is 34.5 Å². The first-order valence-corrected chi connectivity index (χ1v) is 7.73. The van der Waals surface area contributed by atoms with Crippen LogP contribution in [0.1, 0.15) is 15.9 Å². The highest BCUT2D eigenvalue weighted by Crippen LogP contribution is 2.39. The molecule has 7 nitrogen and oxygen atoms in total. The quantitative estimate of drug-likeness (QED) is 0.419. The fraction of sp³-hybridized carbons (Fsp3) is 0.0714. The summed E-state index contributed by atoms with van der Waals surface area (Å²) in [4.78, 5) is 30.8. The molecule has 0 saturated carbocycles. The van der Waals surface area contributed by atoms with Crippen molar-refractivity contribution in [1.82, 2.24) is 0 Å². The molecule has 0 fully saturated rings. The van der Waals surface area contributed by atoms with Crippen molar-refractivity contribution < 1.29 is 34.5 Å². The summed E-state index contributed by atoms with van der Waals surface area (Å²) in [5, 5.41) is 27.7. The van der Waals surface area contributed by atoms with E-state index in [0.717, 1.165) is 12.1 Å². The van der Waals surface area contributed by atoms with Gasteiger partial charge >= 0.3 is 7.60 Å². The van der Waals surface area contributed by atoms with Gasteiger partial charge in [-0.15, -0.1) is 0 Å². The maximum Gasteiger partial charge on any atom is 0.357 e. The van der Waals surface area contributed by atoms with Gasteiger partial charge in [-0.05, 0) is 23.8 Å². The van der Waals surface area contributed by atoms with Crippen LogP contribution in [0.15, 0.2) is 36.4 Å². The second-order valence-electron chi connectivity index (χ2n) is 4.67. The number of aromatic hydroxyl groups is 3. The molecule has 0 aliphatic heterocycles. The highest BCUT2D eigenvalue weighted by Gasteiger charge is 2.29. The molecule has 0 unspecified atom stereocenters. The number of rotatable bonds is 4. The van der Waals surface area contributed by atoms with E-state index in [0.29, 0.717) is 5.56 Å². The predicted octanol–water partition coefficient (Wildman–Crippen LogP) is 1.03. The van der Waals surface area contributed by atoms with E-state index in [1.165, 1.54) is 18.2 Å². The van der Waals surface area contributed by atoms with Gasteiger partial charge in [-0.2, -0.15) is 0 Å². The van der Waals surface area contributed by atoms with E-state index in [4.69, 9.17) is 0 Å². The molecule has 22 heavy (non-hydrogen) atoms. The van der Waals surface area contributed by atoms with Crippen LogP contribution in [0.5, 0.6) is 17.2 Å². The van der Waals surface area contributed by atoms with Crippen LogP contribution < -0.4 is 5.30 Å². The van der Waals surface area contributed by atoms with Crippen LogP contribution in [0.25, 0.3) is 0 Å². The first-order valence-electron chi connectivity index (χ1n) is 6.11. The van der Waals surface area contributed by atoms with E-state index >= 15 is 0 Å². The summed E-state index contributed by atoms with van der Waals surface area (Å²) in [6, 6.07) is 7.37. The summed E-state index contributed by atoms with van der Waals surface area (Å²) >= 11 is 0. The topological polar surface area (TPSA) is 135 Å². The number of carbonyl (C=O) groups is 1. The third kappa shape index (κ3) is 3.46. The van der Waals surface area contributed by atoms with Crippen molar-refractivity contribution in [3.63, 3.8) is 0 Å². The second-order valence-corrected chi connectivity index (χ2v) is 6.24. The highest BCUT2D eigenvalue weighted by atomic mass is 31.2. The van der Waals surface area contributed by atoms with Crippen molar-refractivity contribution >= 4 is 18.7 Å².